The van der Waals surface area contributed by atoms with Crippen LogP contribution >= 0.6 is 0 Å². The van der Waals surface area contributed by atoms with Crippen LogP contribution in [0.2, 0.25) is 0 Å². The van der Waals surface area contributed by atoms with Crippen LogP contribution in [0.4, 0.5) is 5.95 Å². The molecule has 1 aromatic heterocycles. The Hall–Kier alpha value is -1.69. The van der Waals surface area contributed by atoms with Crippen molar-refractivity contribution >= 4 is 11.9 Å². The van der Waals surface area contributed by atoms with Crippen molar-refractivity contribution in [2.45, 2.75) is 59.0 Å². The molecule has 0 amide bonds. The monoisotopic (exact) mass is 321 g/mol. The fourth-order valence-electron chi connectivity index (χ4n) is 2.97. The molecule has 0 radical (unpaired) electrons. The van der Waals surface area contributed by atoms with Crippen LogP contribution in [-0.4, -0.2) is 46.8 Å². The Bertz CT molecular complexity index is 517. The number of rotatable bonds is 7. The smallest absolute Gasteiger partial charge is 0.339 e. The highest BCUT2D eigenvalue weighted by Crippen LogP contribution is 2.21. The van der Waals surface area contributed by atoms with Gasteiger partial charge in [-0.3, -0.25) is 0 Å². The number of hydrogen-bond acceptors (Lipinski definition) is 5. The molecule has 0 bridgehead atoms. The molecule has 2 rings (SSSR count). The molecule has 128 valence electrons. The lowest BCUT2D eigenvalue weighted by Gasteiger charge is -2.32. The summed E-state index contributed by atoms with van der Waals surface area (Å²) in [6, 6.07) is 0. The molecule has 1 saturated heterocycles. The summed E-state index contributed by atoms with van der Waals surface area (Å²) < 4.78 is 5.92. The van der Waals surface area contributed by atoms with Crippen LogP contribution in [0, 0.1) is 13.8 Å². The summed E-state index contributed by atoms with van der Waals surface area (Å²) in [7, 11) is 0. The van der Waals surface area contributed by atoms with E-state index in [9.17, 15) is 9.90 Å². The van der Waals surface area contributed by atoms with E-state index in [-0.39, 0.29) is 5.56 Å². The average Bonchev–Trinajstić information content (AvgIpc) is 2.51. The molecule has 0 spiro atoms. The second kappa shape index (κ2) is 8.24. The molecule has 6 heteroatoms. The van der Waals surface area contributed by atoms with Gasteiger partial charge in [-0.15, -0.1) is 0 Å². The predicted octanol–water partition coefficient (Wildman–Crippen LogP) is 2.97. The van der Waals surface area contributed by atoms with Crippen LogP contribution in [-0.2, 0) is 4.74 Å². The van der Waals surface area contributed by atoms with Gasteiger partial charge in [0.15, 0.2) is 0 Å². The average molecular weight is 321 g/mol. The van der Waals surface area contributed by atoms with Gasteiger partial charge in [0.2, 0.25) is 5.95 Å². The van der Waals surface area contributed by atoms with E-state index in [2.05, 4.69) is 21.8 Å². The minimum Gasteiger partial charge on any atom is -0.478 e. The molecule has 23 heavy (non-hydrogen) atoms. The molecule has 0 saturated carbocycles. The first-order valence-electron chi connectivity index (χ1n) is 8.48. The molecule has 0 aromatic carbocycles. The number of nitrogens with zero attached hydrogens (tertiary/aromatic N) is 3. The molecule has 1 aliphatic heterocycles. The summed E-state index contributed by atoms with van der Waals surface area (Å²) in [6.45, 7) is 8.20. The fraction of sp³-hybridized carbons (Fsp3) is 0.706. The Morgan fingerprint density at radius 3 is 2.35 bits per heavy atom. The third-order valence-electron chi connectivity index (χ3n) is 4.30. The molecule has 1 N–H and O–H groups in total. The fourth-order valence-corrected chi connectivity index (χ4v) is 2.97. The van der Waals surface area contributed by atoms with Crippen LogP contribution in [0.25, 0.3) is 0 Å². The van der Waals surface area contributed by atoms with Gasteiger partial charge >= 0.3 is 5.97 Å². The van der Waals surface area contributed by atoms with Crippen LogP contribution in [0.15, 0.2) is 0 Å². The topological polar surface area (TPSA) is 75.5 Å². The lowest BCUT2D eigenvalue weighted by atomic mass is 10.1. The Balaban J connectivity index is 1.91. The number of carboxylic acid groups (broad SMARTS) is 1. The van der Waals surface area contributed by atoms with Gasteiger partial charge in [0.05, 0.1) is 17.5 Å². The molecule has 1 aromatic rings. The number of carbonyl (C=O) groups is 1. The van der Waals surface area contributed by atoms with Gasteiger partial charge in [-0.2, -0.15) is 0 Å². The number of anilines is 1. The summed E-state index contributed by atoms with van der Waals surface area (Å²) in [5, 5.41) is 9.19. The van der Waals surface area contributed by atoms with Gasteiger partial charge in [-0.25, -0.2) is 14.8 Å². The zero-order chi connectivity index (χ0) is 16.8. The van der Waals surface area contributed by atoms with E-state index < -0.39 is 5.97 Å². The second-order valence-electron chi connectivity index (χ2n) is 6.14. The number of aromatic carboxylic acids is 1. The van der Waals surface area contributed by atoms with Crippen molar-refractivity contribution in [3.05, 3.63) is 17.0 Å². The number of carboxylic acids is 1. The standard InChI is InChI=1S/C17H27N3O3/c1-4-5-6-11-23-14-7-9-20(10-8-14)17-18-12(2)15(16(21)22)13(3)19-17/h14H,4-11H2,1-3H3,(H,21,22). The maximum atomic E-state index is 11.2. The third-order valence-corrected chi connectivity index (χ3v) is 4.30. The Kier molecular flexibility index (Phi) is 6.33. The van der Waals surface area contributed by atoms with Crippen molar-refractivity contribution in [2.24, 2.45) is 0 Å². The first kappa shape index (κ1) is 17.7. The number of piperidine rings is 1. The van der Waals surface area contributed by atoms with Gasteiger partial charge in [0.1, 0.15) is 5.56 Å². The zero-order valence-corrected chi connectivity index (χ0v) is 14.3. The number of ether oxygens (including phenoxy) is 1. The van der Waals surface area contributed by atoms with Gasteiger partial charge in [-0.05, 0) is 33.1 Å². The molecule has 6 nitrogen and oxygen atoms in total. The van der Waals surface area contributed by atoms with E-state index in [4.69, 9.17) is 4.74 Å². The highest BCUT2D eigenvalue weighted by atomic mass is 16.5. The number of unbranched alkanes of at least 4 members (excludes halogenated alkanes) is 2. The Morgan fingerprint density at radius 2 is 1.83 bits per heavy atom. The predicted molar refractivity (Wildman–Crippen MR) is 89.2 cm³/mol. The van der Waals surface area contributed by atoms with Gasteiger partial charge < -0.3 is 14.7 Å². The molecule has 0 unspecified atom stereocenters. The van der Waals surface area contributed by atoms with E-state index >= 15 is 0 Å². The first-order chi connectivity index (χ1) is 11.0. The van der Waals surface area contributed by atoms with Gasteiger partial charge in [-0.1, -0.05) is 19.8 Å². The van der Waals surface area contributed by atoms with E-state index in [0.717, 1.165) is 39.0 Å². The minimum atomic E-state index is -0.967. The number of aryl methyl sites for hydroxylation is 2. The van der Waals surface area contributed by atoms with E-state index in [1.807, 2.05) is 0 Å². The Morgan fingerprint density at radius 1 is 1.22 bits per heavy atom. The maximum absolute atomic E-state index is 11.2. The van der Waals surface area contributed by atoms with Crippen molar-refractivity contribution in [3.63, 3.8) is 0 Å². The van der Waals surface area contributed by atoms with Gasteiger partial charge in [0.25, 0.3) is 0 Å². The van der Waals surface area contributed by atoms with Crippen LogP contribution in [0.5, 0.6) is 0 Å². The normalized spacial score (nSPS) is 15.9. The van der Waals surface area contributed by atoms with Crippen molar-refractivity contribution in [2.75, 3.05) is 24.6 Å². The largest absolute Gasteiger partial charge is 0.478 e. The number of aromatic nitrogens is 2. The molecule has 0 atom stereocenters. The van der Waals surface area contributed by atoms with Crippen molar-refractivity contribution in [1.82, 2.24) is 9.97 Å². The quantitative estimate of drug-likeness (QED) is 0.778. The lowest BCUT2D eigenvalue weighted by molar-refractivity contribution is 0.0347. The van der Waals surface area contributed by atoms with Crippen LogP contribution < -0.4 is 4.90 Å². The van der Waals surface area contributed by atoms with Crippen molar-refractivity contribution in [3.8, 4) is 0 Å². The summed E-state index contributed by atoms with van der Waals surface area (Å²) in [5.74, 6) is -0.333. The highest BCUT2D eigenvalue weighted by molar-refractivity contribution is 5.90. The maximum Gasteiger partial charge on any atom is 0.339 e. The molecule has 1 fully saturated rings. The molecular formula is C17H27N3O3. The van der Waals surface area contributed by atoms with E-state index in [1.165, 1.54) is 12.8 Å². The molecule has 2 heterocycles. The third kappa shape index (κ3) is 4.64. The molecule has 0 aliphatic carbocycles. The molecular weight excluding hydrogens is 294 g/mol. The second-order valence-corrected chi connectivity index (χ2v) is 6.14. The lowest BCUT2D eigenvalue weighted by Crippen LogP contribution is -2.38. The SMILES string of the molecule is CCCCCOC1CCN(c2nc(C)c(C(=O)O)c(C)n2)CC1. The Labute approximate surface area is 137 Å². The van der Waals surface area contributed by atoms with Crippen molar-refractivity contribution in [1.29, 1.82) is 0 Å². The summed E-state index contributed by atoms with van der Waals surface area (Å²) >= 11 is 0. The summed E-state index contributed by atoms with van der Waals surface area (Å²) in [6.07, 6.45) is 5.83. The van der Waals surface area contributed by atoms with Crippen LogP contribution in [0.1, 0.15) is 60.8 Å². The zero-order valence-electron chi connectivity index (χ0n) is 14.3. The highest BCUT2D eigenvalue weighted by Gasteiger charge is 2.23. The summed E-state index contributed by atoms with van der Waals surface area (Å²) in [4.78, 5) is 22.1. The summed E-state index contributed by atoms with van der Waals surface area (Å²) in [5.41, 5.74) is 1.26. The van der Waals surface area contributed by atoms with Gasteiger partial charge in [0, 0.05) is 19.7 Å². The van der Waals surface area contributed by atoms with Crippen LogP contribution in [0.3, 0.4) is 0 Å². The number of hydrogen-bond donors (Lipinski definition) is 1. The minimum absolute atomic E-state index is 0.211. The van der Waals surface area contributed by atoms with E-state index in [0.29, 0.717) is 23.4 Å². The first-order valence-corrected chi connectivity index (χ1v) is 8.48. The van der Waals surface area contributed by atoms with Crippen molar-refractivity contribution < 1.29 is 14.6 Å². The van der Waals surface area contributed by atoms with E-state index in [1.54, 1.807) is 13.8 Å². The molecule has 1 aliphatic rings.